The summed E-state index contributed by atoms with van der Waals surface area (Å²) in [6.45, 7) is 0. The van der Waals surface area contributed by atoms with Gasteiger partial charge in [-0.15, -0.1) is 0 Å². The molecule has 0 amide bonds. The fourth-order valence-corrected chi connectivity index (χ4v) is 2.65. The van der Waals surface area contributed by atoms with E-state index in [0.29, 0.717) is 12.1 Å². The maximum atomic E-state index is 3.45. The number of benzene rings is 1. The zero-order valence-electron chi connectivity index (χ0n) is 9.83. The molecule has 0 spiro atoms. The van der Waals surface area contributed by atoms with Crippen LogP contribution in [0.4, 0.5) is 0 Å². The molecule has 0 saturated carbocycles. The second-order valence-electron chi connectivity index (χ2n) is 4.53. The van der Waals surface area contributed by atoms with E-state index in [4.69, 9.17) is 0 Å². The van der Waals surface area contributed by atoms with Crippen molar-refractivity contribution in [3.05, 3.63) is 35.4 Å². The Labute approximate surface area is 92.3 Å². The van der Waals surface area contributed by atoms with Crippen LogP contribution in [0.5, 0.6) is 0 Å². The van der Waals surface area contributed by atoms with E-state index < -0.39 is 0 Å². The normalized spacial score (nSPS) is 25.3. The maximum Gasteiger partial charge on any atom is 0.0478 e. The predicted molar refractivity (Wildman–Crippen MR) is 64.0 cm³/mol. The molecule has 0 radical (unpaired) electrons. The van der Waals surface area contributed by atoms with E-state index in [0.717, 1.165) is 0 Å². The zero-order chi connectivity index (χ0) is 10.8. The Balaban J connectivity index is 2.34. The minimum atomic E-state index is 0.477. The molecule has 1 aromatic carbocycles. The lowest BCUT2D eigenvalue weighted by Gasteiger charge is -2.37. The first-order valence-electron chi connectivity index (χ1n) is 5.65. The predicted octanol–water partition coefficient (Wildman–Crippen LogP) is 1.82. The minimum absolute atomic E-state index is 0.477. The summed E-state index contributed by atoms with van der Waals surface area (Å²) in [7, 11) is 6.40. The van der Waals surface area contributed by atoms with Crippen molar-refractivity contribution < 1.29 is 0 Å². The Bertz CT molecular complexity index is 333. The van der Waals surface area contributed by atoms with Gasteiger partial charge in [-0.05, 0) is 45.1 Å². The molecule has 0 aromatic heterocycles. The molecule has 0 aliphatic heterocycles. The highest BCUT2D eigenvalue weighted by atomic mass is 15.1. The third-order valence-electron chi connectivity index (χ3n) is 3.46. The average Bonchev–Trinajstić information content (AvgIpc) is 2.27. The van der Waals surface area contributed by atoms with Crippen LogP contribution in [0.15, 0.2) is 24.3 Å². The molecule has 1 aliphatic carbocycles. The van der Waals surface area contributed by atoms with Gasteiger partial charge in [0.25, 0.3) is 0 Å². The summed E-state index contributed by atoms with van der Waals surface area (Å²) in [6.07, 6.45) is 2.45. The van der Waals surface area contributed by atoms with Crippen LogP contribution >= 0.6 is 0 Å². The first kappa shape index (κ1) is 10.7. The largest absolute Gasteiger partial charge is 0.312 e. The summed E-state index contributed by atoms with van der Waals surface area (Å²) in [5.74, 6) is 0. The van der Waals surface area contributed by atoms with E-state index in [1.165, 1.54) is 24.0 Å². The third-order valence-corrected chi connectivity index (χ3v) is 3.46. The van der Waals surface area contributed by atoms with Gasteiger partial charge in [0.05, 0.1) is 0 Å². The fourth-order valence-electron chi connectivity index (χ4n) is 2.65. The lowest BCUT2D eigenvalue weighted by Crippen LogP contribution is -2.42. The molecule has 2 heteroatoms. The van der Waals surface area contributed by atoms with Gasteiger partial charge in [-0.25, -0.2) is 0 Å². The number of nitrogens with one attached hydrogen (secondary N) is 1. The van der Waals surface area contributed by atoms with Crippen LogP contribution < -0.4 is 5.32 Å². The molecule has 0 saturated heterocycles. The van der Waals surface area contributed by atoms with Crippen molar-refractivity contribution in [2.75, 3.05) is 21.1 Å². The van der Waals surface area contributed by atoms with Crippen LogP contribution in [0.3, 0.4) is 0 Å². The van der Waals surface area contributed by atoms with Crippen LogP contribution in [0.1, 0.15) is 23.6 Å². The highest BCUT2D eigenvalue weighted by molar-refractivity contribution is 5.33. The van der Waals surface area contributed by atoms with Crippen LogP contribution in [-0.2, 0) is 6.42 Å². The molecule has 0 bridgehead atoms. The van der Waals surface area contributed by atoms with E-state index in [9.17, 15) is 0 Å². The molecule has 2 rings (SSSR count). The van der Waals surface area contributed by atoms with Gasteiger partial charge in [-0.2, -0.15) is 0 Å². The Morgan fingerprint density at radius 2 is 2.00 bits per heavy atom. The molecule has 2 atom stereocenters. The summed E-state index contributed by atoms with van der Waals surface area (Å²) in [4.78, 5) is 2.33. The number of hydrogen-bond acceptors (Lipinski definition) is 2. The first-order chi connectivity index (χ1) is 7.24. The zero-order valence-corrected chi connectivity index (χ0v) is 9.83. The molecule has 1 N–H and O–H groups in total. The van der Waals surface area contributed by atoms with E-state index in [2.05, 4.69) is 55.6 Å². The molecule has 1 aromatic rings. The molecule has 1 aliphatic rings. The Morgan fingerprint density at radius 1 is 1.27 bits per heavy atom. The van der Waals surface area contributed by atoms with Crippen molar-refractivity contribution in [2.45, 2.75) is 24.9 Å². The SMILES string of the molecule is CN[C@@H]1c2ccccc2CC[C@H]1N(C)C. The van der Waals surface area contributed by atoms with Crippen molar-refractivity contribution in [1.82, 2.24) is 10.2 Å². The van der Waals surface area contributed by atoms with Crippen LogP contribution in [0.2, 0.25) is 0 Å². The lowest BCUT2D eigenvalue weighted by atomic mass is 9.83. The van der Waals surface area contributed by atoms with Gasteiger partial charge < -0.3 is 10.2 Å². The van der Waals surface area contributed by atoms with Crippen LogP contribution in [0, 0.1) is 0 Å². The maximum absolute atomic E-state index is 3.45. The van der Waals surface area contributed by atoms with Gasteiger partial charge in [0.2, 0.25) is 0 Å². The minimum Gasteiger partial charge on any atom is -0.312 e. The fraction of sp³-hybridized carbons (Fsp3) is 0.538. The Hall–Kier alpha value is -0.860. The van der Waals surface area contributed by atoms with Crippen molar-refractivity contribution >= 4 is 0 Å². The Kier molecular flexibility index (Phi) is 3.08. The number of hydrogen-bond donors (Lipinski definition) is 1. The molecule has 82 valence electrons. The summed E-state index contributed by atoms with van der Waals surface area (Å²) in [5.41, 5.74) is 2.99. The number of rotatable bonds is 2. The first-order valence-corrected chi connectivity index (χ1v) is 5.65. The number of likely N-dealkylation sites (N-methyl/N-ethyl adjacent to an activating group) is 2. The second-order valence-corrected chi connectivity index (χ2v) is 4.53. The lowest BCUT2D eigenvalue weighted by molar-refractivity contribution is 0.212. The molecule has 0 unspecified atom stereocenters. The smallest absolute Gasteiger partial charge is 0.0478 e. The number of nitrogens with zero attached hydrogens (tertiary/aromatic N) is 1. The summed E-state index contributed by atoms with van der Waals surface area (Å²) >= 11 is 0. The van der Waals surface area contributed by atoms with E-state index in [1.54, 1.807) is 0 Å². The van der Waals surface area contributed by atoms with Crippen LogP contribution in [0.25, 0.3) is 0 Å². The molecule has 0 heterocycles. The molecule has 0 fully saturated rings. The van der Waals surface area contributed by atoms with Gasteiger partial charge in [0, 0.05) is 12.1 Å². The van der Waals surface area contributed by atoms with E-state index >= 15 is 0 Å². The van der Waals surface area contributed by atoms with Gasteiger partial charge in [0.15, 0.2) is 0 Å². The summed E-state index contributed by atoms with van der Waals surface area (Å²) in [6, 6.07) is 9.88. The Morgan fingerprint density at radius 3 is 2.67 bits per heavy atom. The number of aryl methyl sites for hydroxylation is 1. The monoisotopic (exact) mass is 204 g/mol. The standard InChI is InChI=1S/C13H20N2/c1-14-13-11-7-5-4-6-10(11)8-9-12(13)15(2)3/h4-7,12-14H,8-9H2,1-3H3/t12-,13-/m1/s1. The number of fused-ring (bicyclic) bond motifs is 1. The molecular weight excluding hydrogens is 184 g/mol. The summed E-state index contributed by atoms with van der Waals surface area (Å²) < 4.78 is 0. The van der Waals surface area contributed by atoms with Gasteiger partial charge in [-0.3, -0.25) is 0 Å². The third kappa shape index (κ3) is 1.92. The van der Waals surface area contributed by atoms with Crippen LogP contribution in [-0.4, -0.2) is 32.1 Å². The van der Waals surface area contributed by atoms with Gasteiger partial charge in [0.1, 0.15) is 0 Å². The highest BCUT2D eigenvalue weighted by Gasteiger charge is 2.29. The quantitative estimate of drug-likeness (QED) is 0.790. The van der Waals surface area contributed by atoms with Crippen molar-refractivity contribution in [3.8, 4) is 0 Å². The van der Waals surface area contributed by atoms with E-state index in [-0.39, 0.29) is 0 Å². The molecule has 15 heavy (non-hydrogen) atoms. The van der Waals surface area contributed by atoms with Crippen molar-refractivity contribution in [3.63, 3.8) is 0 Å². The molecular formula is C13H20N2. The van der Waals surface area contributed by atoms with Gasteiger partial charge in [-0.1, -0.05) is 24.3 Å². The topological polar surface area (TPSA) is 15.3 Å². The highest BCUT2D eigenvalue weighted by Crippen LogP contribution is 2.31. The second kappa shape index (κ2) is 4.33. The molecule has 2 nitrogen and oxygen atoms in total. The van der Waals surface area contributed by atoms with Crippen molar-refractivity contribution in [1.29, 1.82) is 0 Å². The average molecular weight is 204 g/mol. The van der Waals surface area contributed by atoms with Crippen molar-refractivity contribution in [2.24, 2.45) is 0 Å². The van der Waals surface area contributed by atoms with E-state index in [1.807, 2.05) is 0 Å². The summed E-state index contributed by atoms with van der Waals surface area (Å²) in [5, 5.41) is 3.45. The van der Waals surface area contributed by atoms with Gasteiger partial charge >= 0.3 is 0 Å².